The first-order valence-corrected chi connectivity index (χ1v) is 7.76. The zero-order chi connectivity index (χ0) is 14.8. The van der Waals surface area contributed by atoms with Gasteiger partial charge in [0.25, 0.3) is 0 Å². The minimum atomic E-state index is -0.772. The van der Waals surface area contributed by atoms with Crippen molar-refractivity contribution in [2.45, 2.75) is 38.0 Å². The Kier molecular flexibility index (Phi) is 3.95. The van der Waals surface area contributed by atoms with E-state index in [0.717, 1.165) is 19.3 Å². The molecule has 3 rings (SSSR count). The van der Waals surface area contributed by atoms with Gasteiger partial charge in [-0.1, -0.05) is 24.3 Å². The van der Waals surface area contributed by atoms with Crippen molar-refractivity contribution in [1.82, 2.24) is 5.32 Å². The van der Waals surface area contributed by atoms with Crippen LogP contribution in [-0.2, 0) is 16.0 Å². The first-order chi connectivity index (χ1) is 10.2. The molecule has 112 valence electrons. The lowest BCUT2D eigenvalue weighted by Crippen LogP contribution is -2.27. The van der Waals surface area contributed by atoms with Crippen LogP contribution in [0.3, 0.4) is 0 Å². The van der Waals surface area contributed by atoms with E-state index in [1.54, 1.807) is 0 Å². The topological polar surface area (TPSA) is 66.4 Å². The summed E-state index contributed by atoms with van der Waals surface area (Å²) in [6.45, 7) is 0.587. The van der Waals surface area contributed by atoms with Gasteiger partial charge in [0, 0.05) is 18.9 Å². The van der Waals surface area contributed by atoms with Crippen molar-refractivity contribution in [2.75, 3.05) is 6.54 Å². The third-order valence-corrected chi connectivity index (χ3v) is 4.75. The number of carboxylic acids is 1. The molecule has 0 spiro atoms. The zero-order valence-corrected chi connectivity index (χ0v) is 12.0. The highest BCUT2D eigenvalue weighted by molar-refractivity contribution is 5.84. The number of aliphatic carboxylic acids is 1. The number of carboxylic acid groups (broad SMARTS) is 1. The number of carbonyl (C=O) groups excluding carboxylic acids is 1. The molecule has 0 bridgehead atoms. The molecule has 0 aliphatic heterocycles. The van der Waals surface area contributed by atoms with Crippen LogP contribution < -0.4 is 5.32 Å². The van der Waals surface area contributed by atoms with Crippen LogP contribution in [0.4, 0.5) is 0 Å². The van der Waals surface area contributed by atoms with Gasteiger partial charge in [-0.05, 0) is 48.6 Å². The molecule has 0 saturated heterocycles. The Morgan fingerprint density at radius 1 is 1.24 bits per heavy atom. The van der Waals surface area contributed by atoms with Crippen molar-refractivity contribution in [2.24, 2.45) is 11.8 Å². The molecule has 2 aliphatic rings. The fraction of sp³-hybridized carbons (Fsp3) is 0.529. The number of benzene rings is 1. The molecular weight excluding hydrogens is 266 g/mol. The summed E-state index contributed by atoms with van der Waals surface area (Å²) >= 11 is 0. The minimum absolute atomic E-state index is 0.133. The molecule has 1 fully saturated rings. The molecule has 1 saturated carbocycles. The van der Waals surface area contributed by atoms with Gasteiger partial charge < -0.3 is 10.4 Å². The smallest absolute Gasteiger partial charge is 0.303 e. The second-order valence-electron chi connectivity index (χ2n) is 6.09. The summed E-state index contributed by atoms with van der Waals surface area (Å²) in [6.07, 6.45) is 3.73. The maximum Gasteiger partial charge on any atom is 0.303 e. The Balaban J connectivity index is 1.49. The fourth-order valence-corrected chi connectivity index (χ4v) is 3.65. The van der Waals surface area contributed by atoms with Crippen molar-refractivity contribution in [3.63, 3.8) is 0 Å². The molecule has 0 aromatic heterocycles. The van der Waals surface area contributed by atoms with Gasteiger partial charge >= 0.3 is 5.97 Å². The third kappa shape index (κ3) is 2.94. The van der Waals surface area contributed by atoms with Crippen molar-refractivity contribution in [3.05, 3.63) is 35.4 Å². The van der Waals surface area contributed by atoms with Gasteiger partial charge in [0.15, 0.2) is 0 Å². The van der Waals surface area contributed by atoms with E-state index in [1.165, 1.54) is 11.1 Å². The van der Waals surface area contributed by atoms with Gasteiger partial charge in [-0.15, -0.1) is 0 Å². The lowest BCUT2D eigenvalue weighted by molar-refractivity contribution is -0.137. The summed E-state index contributed by atoms with van der Waals surface area (Å²) in [7, 11) is 0. The number of aryl methyl sites for hydroxylation is 1. The minimum Gasteiger partial charge on any atom is -0.481 e. The van der Waals surface area contributed by atoms with Crippen LogP contribution >= 0.6 is 0 Å². The number of unbranched alkanes of at least 4 members (excludes halogenated alkanes) is 1. The Morgan fingerprint density at radius 3 is 2.86 bits per heavy atom. The number of amides is 1. The monoisotopic (exact) mass is 287 g/mol. The molecule has 4 heteroatoms. The van der Waals surface area contributed by atoms with Crippen LogP contribution in [-0.4, -0.2) is 23.5 Å². The van der Waals surface area contributed by atoms with Gasteiger partial charge in [-0.25, -0.2) is 0 Å². The molecule has 1 aromatic rings. The first-order valence-electron chi connectivity index (χ1n) is 7.76. The molecule has 2 N–H and O–H groups in total. The molecule has 4 nitrogen and oxygen atoms in total. The predicted molar refractivity (Wildman–Crippen MR) is 79.0 cm³/mol. The Labute approximate surface area is 124 Å². The SMILES string of the molecule is O=C(O)CCCCNC(=O)C1C2CCc3ccccc3C21. The average Bonchev–Trinajstić information content (AvgIpc) is 3.21. The number of fused-ring (bicyclic) bond motifs is 3. The van der Waals surface area contributed by atoms with E-state index in [4.69, 9.17) is 5.11 Å². The number of nitrogens with one attached hydrogen (secondary N) is 1. The molecule has 0 radical (unpaired) electrons. The quantitative estimate of drug-likeness (QED) is 0.789. The Hall–Kier alpha value is -1.84. The summed E-state index contributed by atoms with van der Waals surface area (Å²) in [5.74, 6) is 0.434. The van der Waals surface area contributed by atoms with Gasteiger partial charge in [0.1, 0.15) is 0 Å². The molecule has 0 heterocycles. The van der Waals surface area contributed by atoms with E-state index in [-0.39, 0.29) is 18.2 Å². The lowest BCUT2D eigenvalue weighted by Gasteiger charge is -2.13. The van der Waals surface area contributed by atoms with E-state index in [2.05, 4.69) is 29.6 Å². The highest BCUT2D eigenvalue weighted by atomic mass is 16.4. The summed E-state index contributed by atoms with van der Waals surface area (Å²) in [5, 5.41) is 11.5. The maximum atomic E-state index is 12.3. The van der Waals surface area contributed by atoms with E-state index in [1.807, 2.05) is 0 Å². The fourth-order valence-electron chi connectivity index (χ4n) is 3.65. The molecule has 1 amide bonds. The van der Waals surface area contributed by atoms with Crippen LogP contribution in [0.1, 0.15) is 42.7 Å². The van der Waals surface area contributed by atoms with E-state index in [0.29, 0.717) is 24.8 Å². The van der Waals surface area contributed by atoms with Crippen molar-refractivity contribution in [1.29, 1.82) is 0 Å². The van der Waals surface area contributed by atoms with Gasteiger partial charge in [-0.2, -0.15) is 0 Å². The molecule has 21 heavy (non-hydrogen) atoms. The second-order valence-corrected chi connectivity index (χ2v) is 6.09. The van der Waals surface area contributed by atoms with Gasteiger partial charge in [0.2, 0.25) is 5.91 Å². The maximum absolute atomic E-state index is 12.3. The number of rotatable bonds is 6. The third-order valence-electron chi connectivity index (χ3n) is 4.75. The van der Waals surface area contributed by atoms with Crippen LogP contribution in [0, 0.1) is 11.8 Å². The van der Waals surface area contributed by atoms with Crippen LogP contribution in [0.15, 0.2) is 24.3 Å². The van der Waals surface area contributed by atoms with Crippen molar-refractivity contribution >= 4 is 11.9 Å². The number of hydrogen-bond acceptors (Lipinski definition) is 2. The predicted octanol–water partition coefficient (Wildman–Crippen LogP) is 2.33. The highest BCUT2D eigenvalue weighted by Gasteiger charge is 2.56. The molecule has 3 atom stereocenters. The Bertz CT molecular complexity index is 555. The largest absolute Gasteiger partial charge is 0.481 e. The highest BCUT2D eigenvalue weighted by Crippen LogP contribution is 2.59. The summed E-state index contributed by atoms with van der Waals surface area (Å²) in [4.78, 5) is 22.7. The van der Waals surface area contributed by atoms with Gasteiger partial charge in [0.05, 0.1) is 0 Å². The molecule has 2 aliphatic carbocycles. The summed E-state index contributed by atoms with van der Waals surface area (Å²) in [5.41, 5.74) is 2.76. The zero-order valence-electron chi connectivity index (χ0n) is 12.0. The molecule has 1 aromatic carbocycles. The lowest BCUT2D eigenvalue weighted by atomic mass is 9.92. The van der Waals surface area contributed by atoms with Crippen LogP contribution in [0.5, 0.6) is 0 Å². The Morgan fingerprint density at radius 2 is 2.05 bits per heavy atom. The van der Waals surface area contributed by atoms with E-state index in [9.17, 15) is 9.59 Å². The molecule has 3 unspecified atom stereocenters. The molecular formula is C17H21NO3. The second kappa shape index (κ2) is 5.88. The standard InChI is InChI=1S/C17H21NO3/c19-14(20)7-3-4-10-18-17(21)16-13-9-8-11-5-1-2-6-12(11)15(13)16/h1-2,5-6,13,15-16H,3-4,7-10H2,(H,18,21)(H,19,20). The van der Waals surface area contributed by atoms with E-state index < -0.39 is 5.97 Å². The summed E-state index contributed by atoms with van der Waals surface area (Å²) in [6, 6.07) is 8.45. The summed E-state index contributed by atoms with van der Waals surface area (Å²) < 4.78 is 0. The van der Waals surface area contributed by atoms with Crippen LogP contribution in [0.25, 0.3) is 0 Å². The number of hydrogen-bond donors (Lipinski definition) is 2. The van der Waals surface area contributed by atoms with Gasteiger partial charge in [-0.3, -0.25) is 9.59 Å². The average molecular weight is 287 g/mol. The first kappa shape index (κ1) is 14.1. The van der Waals surface area contributed by atoms with Crippen molar-refractivity contribution in [3.8, 4) is 0 Å². The van der Waals surface area contributed by atoms with Crippen LogP contribution in [0.2, 0.25) is 0 Å². The van der Waals surface area contributed by atoms with E-state index >= 15 is 0 Å². The number of carbonyl (C=O) groups is 2. The van der Waals surface area contributed by atoms with Crippen molar-refractivity contribution < 1.29 is 14.7 Å². The normalized spacial score (nSPS) is 25.6.